The molecule has 0 radical (unpaired) electrons. The first-order valence-electron chi connectivity index (χ1n) is 5.44. The van der Waals surface area contributed by atoms with Gasteiger partial charge in [-0.1, -0.05) is 18.2 Å². The third-order valence-corrected chi connectivity index (χ3v) is 2.55. The molecule has 1 aromatic heterocycles. The number of hydrogen-bond donors (Lipinski definition) is 1. The van der Waals surface area contributed by atoms with Crippen LogP contribution in [0.15, 0.2) is 34.9 Å². The topological polar surface area (TPSA) is 49.0 Å². The lowest BCUT2D eigenvalue weighted by molar-refractivity contribution is 0.606. The Labute approximate surface area is 94.7 Å². The van der Waals surface area contributed by atoms with E-state index in [-0.39, 0.29) is 0 Å². The Morgan fingerprint density at radius 1 is 1.25 bits per heavy atom. The maximum absolute atomic E-state index is 8.39. The Morgan fingerprint density at radius 3 is 3.00 bits per heavy atom. The molecule has 1 aromatic carbocycles. The van der Waals surface area contributed by atoms with Gasteiger partial charge in [0, 0.05) is 18.4 Å². The smallest absolute Gasteiger partial charge is 0.134 e. The summed E-state index contributed by atoms with van der Waals surface area (Å²) >= 11 is 0. The summed E-state index contributed by atoms with van der Waals surface area (Å²) in [5, 5.41) is 12.8. The monoisotopic (exact) mass is 214 g/mol. The van der Waals surface area contributed by atoms with Crippen molar-refractivity contribution in [3.8, 4) is 6.07 Å². The Balaban J connectivity index is 1.92. The first-order chi connectivity index (χ1) is 7.92. The van der Waals surface area contributed by atoms with Crippen molar-refractivity contribution in [1.29, 1.82) is 5.26 Å². The third-order valence-electron chi connectivity index (χ3n) is 2.55. The highest BCUT2D eigenvalue weighted by molar-refractivity contribution is 5.80. The van der Waals surface area contributed by atoms with Gasteiger partial charge >= 0.3 is 0 Å². The molecule has 0 spiro atoms. The van der Waals surface area contributed by atoms with Gasteiger partial charge in [-0.05, 0) is 24.6 Å². The van der Waals surface area contributed by atoms with Gasteiger partial charge in [-0.2, -0.15) is 5.26 Å². The SMILES string of the molecule is N#CCCNCCc1coc2ccccc12. The van der Waals surface area contributed by atoms with Crippen molar-refractivity contribution in [1.82, 2.24) is 5.32 Å². The number of hydrogen-bond acceptors (Lipinski definition) is 3. The number of fused-ring (bicyclic) bond motifs is 1. The van der Waals surface area contributed by atoms with Gasteiger partial charge in [0.25, 0.3) is 0 Å². The summed E-state index contributed by atoms with van der Waals surface area (Å²) in [6, 6.07) is 10.1. The van der Waals surface area contributed by atoms with E-state index < -0.39 is 0 Å². The van der Waals surface area contributed by atoms with Crippen molar-refractivity contribution in [3.63, 3.8) is 0 Å². The standard InChI is InChI=1S/C13H14N2O/c14-7-3-8-15-9-6-11-10-16-13-5-2-1-4-12(11)13/h1-2,4-5,10,15H,3,6,8-9H2. The molecule has 16 heavy (non-hydrogen) atoms. The van der Waals surface area contributed by atoms with E-state index in [9.17, 15) is 0 Å². The van der Waals surface area contributed by atoms with Crippen LogP contribution in [0.5, 0.6) is 0 Å². The van der Waals surface area contributed by atoms with Gasteiger partial charge in [-0.15, -0.1) is 0 Å². The van der Waals surface area contributed by atoms with Gasteiger partial charge in [0.15, 0.2) is 0 Å². The van der Waals surface area contributed by atoms with Crippen molar-refractivity contribution in [2.75, 3.05) is 13.1 Å². The van der Waals surface area contributed by atoms with E-state index in [1.54, 1.807) is 0 Å². The van der Waals surface area contributed by atoms with Crippen LogP contribution in [0.4, 0.5) is 0 Å². The highest BCUT2D eigenvalue weighted by atomic mass is 16.3. The van der Waals surface area contributed by atoms with Gasteiger partial charge in [0.05, 0.1) is 12.3 Å². The van der Waals surface area contributed by atoms with E-state index in [1.807, 2.05) is 24.5 Å². The quantitative estimate of drug-likeness (QED) is 0.778. The van der Waals surface area contributed by atoms with Crippen LogP contribution in [0.3, 0.4) is 0 Å². The van der Waals surface area contributed by atoms with Crippen LogP contribution < -0.4 is 5.32 Å². The fourth-order valence-corrected chi connectivity index (χ4v) is 1.72. The predicted octanol–water partition coefficient (Wildman–Crippen LogP) is 2.48. The van der Waals surface area contributed by atoms with Crippen LogP contribution >= 0.6 is 0 Å². The maximum atomic E-state index is 8.39. The minimum Gasteiger partial charge on any atom is -0.464 e. The van der Waals surface area contributed by atoms with Gasteiger partial charge in [0.1, 0.15) is 5.58 Å². The van der Waals surface area contributed by atoms with Crippen LogP contribution in [-0.2, 0) is 6.42 Å². The van der Waals surface area contributed by atoms with Crippen molar-refractivity contribution >= 4 is 11.0 Å². The molecule has 0 aliphatic rings. The van der Waals surface area contributed by atoms with Gasteiger partial charge in [-0.3, -0.25) is 0 Å². The summed E-state index contributed by atoms with van der Waals surface area (Å²) in [6.07, 6.45) is 3.31. The van der Waals surface area contributed by atoms with Crippen LogP contribution in [-0.4, -0.2) is 13.1 Å². The molecule has 3 nitrogen and oxygen atoms in total. The molecule has 2 aromatic rings. The maximum Gasteiger partial charge on any atom is 0.134 e. The first kappa shape index (κ1) is 10.7. The molecule has 2 rings (SSSR count). The molecule has 0 aliphatic carbocycles. The minimum absolute atomic E-state index is 0.562. The van der Waals surface area contributed by atoms with Gasteiger partial charge < -0.3 is 9.73 Å². The normalized spacial score (nSPS) is 10.4. The molecule has 82 valence electrons. The summed E-state index contributed by atoms with van der Waals surface area (Å²) < 4.78 is 5.45. The molecule has 0 atom stereocenters. The second-order valence-electron chi connectivity index (χ2n) is 3.67. The first-order valence-corrected chi connectivity index (χ1v) is 5.44. The lowest BCUT2D eigenvalue weighted by atomic mass is 10.1. The van der Waals surface area contributed by atoms with E-state index in [2.05, 4.69) is 17.5 Å². The minimum atomic E-state index is 0.562. The fraction of sp³-hybridized carbons (Fsp3) is 0.308. The van der Waals surface area contributed by atoms with Crippen LogP contribution in [0.25, 0.3) is 11.0 Å². The highest BCUT2D eigenvalue weighted by Crippen LogP contribution is 2.20. The molecule has 0 fully saturated rings. The Bertz CT molecular complexity index is 496. The molecule has 0 aliphatic heterocycles. The van der Waals surface area contributed by atoms with Crippen molar-refractivity contribution in [3.05, 3.63) is 36.1 Å². The average molecular weight is 214 g/mol. The predicted molar refractivity (Wildman–Crippen MR) is 63.0 cm³/mol. The highest BCUT2D eigenvalue weighted by Gasteiger charge is 2.03. The lowest BCUT2D eigenvalue weighted by Crippen LogP contribution is -2.17. The van der Waals surface area contributed by atoms with E-state index in [4.69, 9.17) is 9.68 Å². The zero-order valence-electron chi connectivity index (χ0n) is 9.07. The molecule has 0 bridgehead atoms. The van der Waals surface area contributed by atoms with Crippen molar-refractivity contribution < 1.29 is 4.42 Å². The molecule has 0 amide bonds. The summed E-state index contributed by atoms with van der Waals surface area (Å²) in [4.78, 5) is 0. The van der Waals surface area contributed by atoms with Gasteiger partial charge in [-0.25, -0.2) is 0 Å². The fourth-order valence-electron chi connectivity index (χ4n) is 1.72. The number of furan rings is 1. The number of rotatable bonds is 5. The molecule has 1 heterocycles. The number of para-hydroxylation sites is 1. The third kappa shape index (κ3) is 2.41. The average Bonchev–Trinajstić information content (AvgIpc) is 2.73. The van der Waals surface area contributed by atoms with Crippen LogP contribution in [0.2, 0.25) is 0 Å². The molecule has 0 saturated carbocycles. The molecule has 3 heteroatoms. The lowest BCUT2D eigenvalue weighted by Gasteiger charge is -2.00. The Morgan fingerprint density at radius 2 is 2.12 bits per heavy atom. The van der Waals surface area contributed by atoms with E-state index in [0.29, 0.717) is 6.42 Å². The summed E-state index contributed by atoms with van der Waals surface area (Å²) in [7, 11) is 0. The molecular formula is C13H14N2O. The number of benzene rings is 1. The number of nitriles is 1. The summed E-state index contributed by atoms with van der Waals surface area (Å²) in [5.41, 5.74) is 2.16. The van der Waals surface area contributed by atoms with E-state index in [1.165, 1.54) is 10.9 Å². The number of nitrogens with zero attached hydrogens (tertiary/aromatic N) is 1. The zero-order valence-corrected chi connectivity index (χ0v) is 9.07. The van der Waals surface area contributed by atoms with Crippen molar-refractivity contribution in [2.24, 2.45) is 0 Å². The van der Waals surface area contributed by atoms with Crippen molar-refractivity contribution in [2.45, 2.75) is 12.8 Å². The van der Waals surface area contributed by atoms with Crippen LogP contribution in [0.1, 0.15) is 12.0 Å². The summed E-state index contributed by atoms with van der Waals surface area (Å²) in [6.45, 7) is 1.64. The Kier molecular flexibility index (Phi) is 3.58. The van der Waals surface area contributed by atoms with Crippen LogP contribution in [0, 0.1) is 11.3 Å². The molecule has 0 saturated heterocycles. The Hall–Kier alpha value is -1.79. The summed E-state index contributed by atoms with van der Waals surface area (Å²) in [5.74, 6) is 0. The van der Waals surface area contributed by atoms with E-state index >= 15 is 0 Å². The molecule has 1 N–H and O–H groups in total. The van der Waals surface area contributed by atoms with Gasteiger partial charge in [0.2, 0.25) is 0 Å². The molecule has 0 unspecified atom stereocenters. The molecular weight excluding hydrogens is 200 g/mol. The largest absolute Gasteiger partial charge is 0.464 e. The number of nitrogens with one attached hydrogen (secondary N) is 1. The second-order valence-corrected chi connectivity index (χ2v) is 3.67. The second kappa shape index (κ2) is 5.34. The van der Waals surface area contributed by atoms with E-state index in [0.717, 1.165) is 25.1 Å². The zero-order chi connectivity index (χ0) is 11.2.